The van der Waals surface area contributed by atoms with E-state index in [4.69, 9.17) is 0 Å². The van der Waals surface area contributed by atoms with E-state index in [1.54, 1.807) is 23.3 Å². The first-order valence-corrected chi connectivity index (χ1v) is 8.84. The van der Waals surface area contributed by atoms with E-state index in [0.29, 0.717) is 17.8 Å². The largest absolute Gasteiger partial charge is 0.351 e. The zero-order chi connectivity index (χ0) is 18.2. The molecule has 1 aromatic carbocycles. The molecule has 3 rings (SSSR count). The van der Waals surface area contributed by atoms with Gasteiger partial charge >= 0.3 is 0 Å². The average Bonchev–Trinajstić information content (AvgIpc) is 3.15. The molecule has 0 aliphatic carbocycles. The van der Waals surface area contributed by atoms with Crippen LogP contribution in [0.1, 0.15) is 23.7 Å². The number of carbonyl (C=O) groups excluding carboxylic acids is 1. The average molecular weight is 349 g/mol. The fraction of sp³-hybridized carbons (Fsp3) is 0.250. The standard InChI is InChI=1S/C20H23N5O/c1-2-10-21-12-13-23-20(26)18-15-25(17-8-4-3-5-9-17)24-19(18)16-7-6-11-22-14-16/h3-9,11,14-15,21H,2,10,12-13H2,1H3,(H,23,26). The molecule has 0 atom stereocenters. The fourth-order valence-corrected chi connectivity index (χ4v) is 2.63. The summed E-state index contributed by atoms with van der Waals surface area (Å²) >= 11 is 0. The molecule has 0 unspecified atom stereocenters. The van der Waals surface area contributed by atoms with Crippen LogP contribution < -0.4 is 10.6 Å². The summed E-state index contributed by atoms with van der Waals surface area (Å²) < 4.78 is 1.73. The molecule has 134 valence electrons. The molecular weight excluding hydrogens is 326 g/mol. The van der Waals surface area contributed by atoms with Gasteiger partial charge in [-0.25, -0.2) is 4.68 Å². The first kappa shape index (κ1) is 17.8. The lowest BCUT2D eigenvalue weighted by Gasteiger charge is -2.06. The lowest BCUT2D eigenvalue weighted by Crippen LogP contribution is -2.32. The zero-order valence-electron chi connectivity index (χ0n) is 14.9. The second-order valence-electron chi connectivity index (χ2n) is 5.92. The van der Waals surface area contributed by atoms with Crippen LogP contribution in [0.3, 0.4) is 0 Å². The molecule has 2 aromatic heterocycles. The summed E-state index contributed by atoms with van der Waals surface area (Å²) in [5, 5.41) is 10.9. The summed E-state index contributed by atoms with van der Waals surface area (Å²) in [6.07, 6.45) is 6.27. The number of para-hydroxylation sites is 1. The third kappa shape index (κ3) is 4.34. The molecule has 2 heterocycles. The Hall–Kier alpha value is -2.99. The van der Waals surface area contributed by atoms with E-state index in [-0.39, 0.29) is 5.91 Å². The number of carbonyl (C=O) groups is 1. The molecule has 0 bridgehead atoms. The van der Waals surface area contributed by atoms with Gasteiger partial charge in [0, 0.05) is 37.2 Å². The Bertz CT molecular complexity index is 830. The van der Waals surface area contributed by atoms with E-state index in [2.05, 4.69) is 27.6 Å². The molecule has 1 amide bonds. The number of hydrogen-bond donors (Lipinski definition) is 2. The minimum Gasteiger partial charge on any atom is -0.351 e. The maximum absolute atomic E-state index is 12.7. The maximum atomic E-state index is 12.7. The van der Waals surface area contributed by atoms with Crippen LogP contribution in [0, 0.1) is 0 Å². The molecule has 2 N–H and O–H groups in total. The zero-order valence-corrected chi connectivity index (χ0v) is 14.9. The molecule has 3 aromatic rings. The number of nitrogens with zero attached hydrogens (tertiary/aromatic N) is 3. The molecular formula is C20H23N5O. The third-order valence-electron chi connectivity index (χ3n) is 3.93. The Morgan fingerprint density at radius 1 is 1.08 bits per heavy atom. The Morgan fingerprint density at radius 3 is 2.65 bits per heavy atom. The quantitative estimate of drug-likeness (QED) is 0.613. The molecule has 0 spiro atoms. The predicted octanol–water partition coefficient (Wildman–Crippen LogP) is 2.66. The number of rotatable bonds is 8. The Balaban J connectivity index is 1.85. The van der Waals surface area contributed by atoms with Crippen molar-refractivity contribution in [1.29, 1.82) is 0 Å². The van der Waals surface area contributed by atoms with Crippen molar-refractivity contribution in [2.45, 2.75) is 13.3 Å². The van der Waals surface area contributed by atoms with Gasteiger partial charge in [-0.15, -0.1) is 0 Å². The molecule has 6 heteroatoms. The first-order chi connectivity index (χ1) is 12.8. The minimum atomic E-state index is -0.135. The van der Waals surface area contributed by atoms with Gasteiger partial charge in [0.15, 0.2) is 0 Å². The number of pyridine rings is 1. The van der Waals surface area contributed by atoms with E-state index in [1.165, 1.54) is 0 Å². The van der Waals surface area contributed by atoms with Gasteiger partial charge in [-0.05, 0) is 37.2 Å². The monoisotopic (exact) mass is 349 g/mol. The summed E-state index contributed by atoms with van der Waals surface area (Å²) in [6, 6.07) is 13.5. The van der Waals surface area contributed by atoms with Gasteiger partial charge in [0.2, 0.25) is 0 Å². The molecule has 0 aliphatic heterocycles. The second-order valence-corrected chi connectivity index (χ2v) is 5.92. The van der Waals surface area contributed by atoms with Crippen LogP contribution in [0.4, 0.5) is 0 Å². The topological polar surface area (TPSA) is 71.8 Å². The minimum absolute atomic E-state index is 0.135. The highest BCUT2D eigenvalue weighted by Gasteiger charge is 2.18. The summed E-state index contributed by atoms with van der Waals surface area (Å²) in [5.41, 5.74) is 2.89. The van der Waals surface area contributed by atoms with Crippen LogP contribution >= 0.6 is 0 Å². The van der Waals surface area contributed by atoms with Crippen molar-refractivity contribution in [2.75, 3.05) is 19.6 Å². The highest BCUT2D eigenvalue weighted by Crippen LogP contribution is 2.22. The van der Waals surface area contributed by atoms with E-state index in [0.717, 1.165) is 30.8 Å². The number of amides is 1. The Morgan fingerprint density at radius 2 is 1.92 bits per heavy atom. The van der Waals surface area contributed by atoms with E-state index in [9.17, 15) is 4.79 Å². The van der Waals surface area contributed by atoms with E-state index < -0.39 is 0 Å². The Kier molecular flexibility index (Phi) is 6.11. The van der Waals surface area contributed by atoms with Crippen molar-refractivity contribution in [3.8, 4) is 16.9 Å². The van der Waals surface area contributed by atoms with Gasteiger partial charge in [-0.1, -0.05) is 25.1 Å². The number of nitrogens with one attached hydrogen (secondary N) is 2. The van der Waals surface area contributed by atoms with Crippen LogP contribution in [0.25, 0.3) is 16.9 Å². The van der Waals surface area contributed by atoms with Crippen molar-refractivity contribution < 1.29 is 4.79 Å². The number of benzene rings is 1. The summed E-state index contributed by atoms with van der Waals surface area (Å²) in [6.45, 7) is 4.38. The van der Waals surface area contributed by atoms with Crippen LogP contribution in [-0.4, -0.2) is 40.3 Å². The lowest BCUT2D eigenvalue weighted by molar-refractivity contribution is 0.0954. The molecule has 6 nitrogen and oxygen atoms in total. The van der Waals surface area contributed by atoms with Gasteiger partial charge in [-0.2, -0.15) is 5.10 Å². The second kappa shape index (κ2) is 8.92. The van der Waals surface area contributed by atoms with Crippen molar-refractivity contribution in [2.24, 2.45) is 0 Å². The fourth-order valence-electron chi connectivity index (χ4n) is 2.63. The van der Waals surface area contributed by atoms with Crippen molar-refractivity contribution in [3.63, 3.8) is 0 Å². The molecule has 0 radical (unpaired) electrons. The molecule has 0 saturated heterocycles. The van der Waals surface area contributed by atoms with Crippen molar-refractivity contribution in [1.82, 2.24) is 25.4 Å². The van der Waals surface area contributed by atoms with Crippen molar-refractivity contribution >= 4 is 5.91 Å². The highest BCUT2D eigenvalue weighted by atomic mass is 16.1. The molecule has 0 saturated carbocycles. The summed E-state index contributed by atoms with van der Waals surface area (Å²) in [4.78, 5) is 16.9. The van der Waals surface area contributed by atoms with Gasteiger partial charge in [0.1, 0.15) is 5.69 Å². The molecule has 0 fully saturated rings. The van der Waals surface area contributed by atoms with Gasteiger partial charge in [-0.3, -0.25) is 9.78 Å². The SMILES string of the molecule is CCCNCCNC(=O)c1cn(-c2ccccc2)nc1-c1cccnc1. The normalized spacial score (nSPS) is 10.7. The van der Waals surface area contributed by atoms with E-state index in [1.807, 2.05) is 42.5 Å². The highest BCUT2D eigenvalue weighted by molar-refractivity contribution is 5.99. The molecule has 0 aliphatic rings. The van der Waals surface area contributed by atoms with Crippen LogP contribution in [0.2, 0.25) is 0 Å². The van der Waals surface area contributed by atoms with Gasteiger partial charge < -0.3 is 10.6 Å². The smallest absolute Gasteiger partial charge is 0.255 e. The number of aromatic nitrogens is 3. The Labute approximate surface area is 153 Å². The maximum Gasteiger partial charge on any atom is 0.255 e. The summed E-state index contributed by atoms with van der Waals surface area (Å²) in [7, 11) is 0. The predicted molar refractivity (Wildman–Crippen MR) is 102 cm³/mol. The summed E-state index contributed by atoms with van der Waals surface area (Å²) in [5.74, 6) is -0.135. The first-order valence-electron chi connectivity index (χ1n) is 8.84. The van der Waals surface area contributed by atoms with Gasteiger partial charge in [0.05, 0.1) is 11.3 Å². The van der Waals surface area contributed by atoms with Crippen molar-refractivity contribution in [3.05, 3.63) is 66.6 Å². The third-order valence-corrected chi connectivity index (χ3v) is 3.93. The van der Waals surface area contributed by atoms with Crippen LogP contribution in [-0.2, 0) is 0 Å². The van der Waals surface area contributed by atoms with Crippen LogP contribution in [0.15, 0.2) is 61.1 Å². The number of hydrogen-bond acceptors (Lipinski definition) is 4. The van der Waals surface area contributed by atoms with Crippen LogP contribution in [0.5, 0.6) is 0 Å². The van der Waals surface area contributed by atoms with E-state index >= 15 is 0 Å². The lowest BCUT2D eigenvalue weighted by atomic mass is 10.1. The van der Waals surface area contributed by atoms with Gasteiger partial charge in [0.25, 0.3) is 5.91 Å². The molecule has 26 heavy (non-hydrogen) atoms.